The van der Waals surface area contributed by atoms with Gasteiger partial charge in [-0.1, -0.05) is 0 Å². The molecule has 0 aliphatic rings. The average Bonchev–Trinajstić information content (AvgIpc) is 2.21. The van der Waals surface area contributed by atoms with Crippen LogP contribution in [0.4, 0.5) is 0 Å². The molecule has 0 saturated heterocycles. The Balaban J connectivity index is 4.12. The Morgan fingerprint density at radius 3 is 1.83 bits per heavy atom. The Hall–Kier alpha value is -1.11. The second kappa shape index (κ2) is 6.72. The summed E-state index contributed by atoms with van der Waals surface area (Å²) in [5.74, 6) is -1.79. The van der Waals surface area contributed by atoms with E-state index in [9.17, 15) is 18.0 Å². The third-order valence-electron chi connectivity index (χ3n) is 1.88. The first kappa shape index (κ1) is 16.9. The lowest BCUT2D eigenvalue weighted by molar-refractivity contribution is -0.154. The summed E-state index contributed by atoms with van der Waals surface area (Å²) in [5.41, 5.74) is -0.632. The van der Waals surface area contributed by atoms with Crippen molar-refractivity contribution in [3.8, 4) is 0 Å². The number of sulfone groups is 1. The van der Waals surface area contributed by atoms with Crippen LogP contribution in [0.5, 0.6) is 0 Å². The van der Waals surface area contributed by atoms with Crippen molar-refractivity contribution in [2.45, 2.75) is 39.2 Å². The third kappa shape index (κ3) is 8.98. The van der Waals surface area contributed by atoms with E-state index in [1.54, 1.807) is 20.8 Å². The fourth-order valence-electron chi connectivity index (χ4n) is 1.07. The molecule has 18 heavy (non-hydrogen) atoms. The standard InChI is InChI=1S/C11H20O6S/c1-11(2,3)17-10(13)6-8-18(14,15)7-5-9(12)16-4/h5-8H2,1-4H3. The molecule has 0 unspecified atom stereocenters. The summed E-state index contributed by atoms with van der Waals surface area (Å²) in [4.78, 5) is 22.1. The van der Waals surface area contributed by atoms with E-state index in [0.717, 1.165) is 0 Å². The minimum absolute atomic E-state index is 0.201. The van der Waals surface area contributed by atoms with Crippen LogP contribution in [-0.2, 0) is 28.9 Å². The van der Waals surface area contributed by atoms with Gasteiger partial charge in [-0.05, 0) is 20.8 Å². The molecule has 0 heterocycles. The van der Waals surface area contributed by atoms with Crippen LogP contribution in [0, 0.1) is 0 Å². The van der Waals surface area contributed by atoms with Crippen LogP contribution < -0.4 is 0 Å². The Morgan fingerprint density at radius 2 is 1.44 bits per heavy atom. The molecule has 7 heteroatoms. The largest absolute Gasteiger partial charge is 0.469 e. The van der Waals surface area contributed by atoms with Crippen molar-refractivity contribution in [1.29, 1.82) is 0 Å². The maximum absolute atomic E-state index is 11.5. The highest BCUT2D eigenvalue weighted by atomic mass is 32.2. The first-order valence-electron chi connectivity index (χ1n) is 5.55. The van der Waals surface area contributed by atoms with E-state index < -0.39 is 27.4 Å². The molecule has 6 nitrogen and oxygen atoms in total. The van der Waals surface area contributed by atoms with Gasteiger partial charge in [-0.25, -0.2) is 8.42 Å². The molecule has 106 valence electrons. The molecule has 0 atom stereocenters. The lowest BCUT2D eigenvalue weighted by Crippen LogP contribution is -2.26. The maximum Gasteiger partial charge on any atom is 0.307 e. The quantitative estimate of drug-likeness (QED) is 0.665. The smallest absolute Gasteiger partial charge is 0.307 e. The number of carbonyl (C=O) groups is 2. The second-order valence-corrected chi connectivity index (χ2v) is 7.12. The summed E-state index contributed by atoms with van der Waals surface area (Å²) in [6, 6.07) is 0. The van der Waals surface area contributed by atoms with Crippen molar-refractivity contribution in [2.75, 3.05) is 18.6 Å². The molecule has 0 aliphatic heterocycles. The van der Waals surface area contributed by atoms with Crippen LogP contribution >= 0.6 is 0 Å². The normalized spacial score (nSPS) is 12.0. The molecule has 0 amide bonds. The van der Waals surface area contributed by atoms with Crippen LogP contribution in [0.15, 0.2) is 0 Å². The van der Waals surface area contributed by atoms with Gasteiger partial charge in [-0.2, -0.15) is 0 Å². The number of rotatable bonds is 6. The molecule has 0 saturated carbocycles. The fraction of sp³-hybridized carbons (Fsp3) is 0.818. The van der Waals surface area contributed by atoms with Crippen LogP contribution in [0.25, 0.3) is 0 Å². The fourth-order valence-corrected chi connectivity index (χ4v) is 2.23. The molecule has 0 aromatic rings. The van der Waals surface area contributed by atoms with E-state index in [2.05, 4.69) is 4.74 Å². The van der Waals surface area contributed by atoms with Crippen LogP contribution in [0.1, 0.15) is 33.6 Å². The summed E-state index contributed by atoms with van der Waals surface area (Å²) < 4.78 is 32.3. The predicted molar refractivity (Wildman–Crippen MR) is 65.7 cm³/mol. The maximum atomic E-state index is 11.5. The van der Waals surface area contributed by atoms with Crippen molar-refractivity contribution >= 4 is 21.8 Å². The summed E-state index contributed by atoms with van der Waals surface area (Å²) >= 11 is 0. The molecule has 0 rings (SSSR count). The summed E-state index contributed by atoms with van der Waals surface area (Å²) in [7, 11) is -2.25. The van der Waals surface area contributed by atoms with E-state index in [0.29, 0.717) is 0 Å². The number of ether oxygens (including phenoxy) is 2. The predicted octanol–water partition coefficient (Wildman–Crippen LogP) is 0.696. The number of methoxy groups -OCH3 is 1. The van der Waals surface area contributed by atoms with Gasteiger partial charge >= 0.3 is 11.9 Å². The lowest BCUT2D eigenvalue weighted by Gasteiger charge is -2.19. The van der Waals surface area contributed by atoms with Gasteiger partial charge in [0, 0.05) is 0 Å². The first-order chi connectivity index (χ1) is 8.06. The Bertz CT molecular complexity index is 390. The minimum atomic E-state index is -3.44. The SMILES string of the molecule is COC(=O)CCS(=O)(=O)CCC(=O)OC(C)(C)C. The molecular formula is C11H20O6S. The van der Waals surface area contributed by atoms with E-state index in [1.807, 2.05) is 0 Å². The molecular weight excluding hydrogens is 260 g/mol. The first-order valence-corrected chi connectivity index (χ1v) is 7.37. The average molecular weight is 280 g/mol. The van der Waals surface area contributed by atoms with E-state index in [-0.39, 0.29) is 24.3 Å². The topological polar surface area (TPSA) is 86.7 Å². The van der Waals surface area contributed by atoms with E-state index >= 15 is 0 Å². The highest BCUT2D eigenvalue weighted by Crippen LogP contribution is 2.09. The van der Waals surface area contributed by atoms with Crippen molar-refractivity contribution in [1.82, 2.24) is 0 Å². The van der Waals surface area contributed by atoms with Crippen molar-refractivity contribution in [3.05, 3.63) is 0 Å². The van der Waals surface area contributed by atoms with Gasteiger partial charge in [0.15, 0.2) is 9.84 Å². The minimum Gasteiger partial charge on any atom is -0.469 e. The molecule has 0 bridgehead atoms. The third-order valence-corrected chi connectivity index (χ3v) is 3.53. The van der Waals surface area contributed by atoms with Crippen LogP contribution in [0.2, 0.25) is 0 Å². The summed E-state index contributed by atoms with van der Waals surface area (Å²) in [6.07, 6.45) is -0.409. The van der Waals surface area contributed by atoms with Gasteiger partial charge in [0.1, 0.15) is 5.60 Å². The van der Waals surface area contributed by atoms with Crippen LogP contribution in [0.3, 0.4) is 0 Å². The summed E-state index contributed by atoms with van der Waals surface area (Å²) in [5, 5.41) is 0. The molecule has 0 N–H and O–H groups in total. The molecule has 0 radical (unpaired) electrons. The number of carbonyl (C=O) groups excluding carboxylic acids is 2. The molecule has 0 fully saturated rings. The Labute approximate surface area is 108 Å². The van der Waals surface area contributed by atoms with Crippen molar-refractivity contribution in [3.63, 3.8) is 0 Å². The van der Waals surface area contributed by atoms with Crippen molar-refractivity contribution < 1.29 is 27.5 Å². The van der Waals surface area contributed by atoms with Crippen molar-refractivity contribution in [2.24, 2.45) is 0 Å². The van der Waals surface area contributed by atoms with Gasteiger partial charge in [-0.15, -0.1) is 0 Å². The van der Waals surface area contributed by atoms with E-state index in [4.69, 9.17) is 4.74 Å². The van der Waals surface area contributed by atoms with Gasteiger partial charge in [0.25, 0.3) is 0 Å². The van der Waals surface area contributed by atoms with Gasteiger partial charge in [0.2, 0.25) is 0 Å². The van der Waals surface area contributed by atoms with Gasteiger partial charge in [0.05, 0.1) is 31.5 Å². The summed E-state index contributed by atoms with van der Waals surface area (Å²) in [6.45, 7) is 5.12. The molecule has 0 aromatic heterocycles. The molecule has 0 aromatic carbocycles. The Morgan fingerprint density at radius 1 is 1.00 bits per heavy atom. The monoisotopic (exact) mass is 280 g/mol. The van der Waals surface area contributed by atoms with Crippen LogP contribution in [-0.4, -0.2) is 44.6 Å². The lowest BCUT2D eigenvalue weighted by atomic mass is 10.2. The number of esters is 2. The zero-order valence-electron chi connectivity index (χ0n) is 11.2. The van der Waals surface area contributed by atoms with E-state index in [1.165, 1.54) is 7.11 Å². The zero-order valence-corrected chi connectivity index (χ0v) is 12.0. The highest BCUT2D eigenvalue weighted by molar-refractivity contribution is 7.91. The molecule has 0 spiro atoms. The zero-order chi connectivity index (χ0) is 14.4. The number of hydrogen-bond acceptors (Lipinski definition) is 6. The van der Waals surface area contributed by atoms with Gasteiger partial charge in [-0.3, -0.25) is 9.59 Å². The second-order valence-electron chi connectivity index (χ2n) is 4.81. The highest BCUT2D eigenvalue weighted by Gasteiger charge is 2.20. The Kier molecular flexibility index (Phi) is 6.31. The number of hydrogen-bond donors (Lipinski definition) is 0. The molecule has 0 aliphatic carbocycles. The van der Waals surface area contributed by atoms with Gasteiger partial charge < -0.3 is 9.47 Å².